The van der Waals surface area contributed by atoms with E-state index in [-0.39, 0.29) is 0 Å². The van der Waals surface area contributed by atoms with Crippen molar-refractivity contribution in [2.24, 2.45) is 5.92 Å². The lowest BCUT2D eigenvalue weighted by molar-refractivity contribution is 0.325. The molecular weight excluding hydrogens is 250 g/mol. The van der Waals surface area contributed by atoms with Crippen molar-refractivity contribution < 1.29 is 4.74 Å². The van der Waals surface area contributed by atoms with Crippen molar-refractivity contribution in [2.45, 2.75) is 33.6 Å². The Bertz CT molecular complexity index is 360. The van der Waals surface area contributed by atoms with Crippen LogP contribution in [0.4, 0.5) is 5.82 Å². The smallest absolute Gasteiger partial charge is 0.218 e. The van der Waals surface area contributed by atoms with E-state index < -0.39 is 0 Å². The molecule has 102 valence electrons. The van der Waals surface area contributed by atoms with Crippen LogP contribution in [0, 0.1) is 12.8 Å². The van der Waals surface area contributed by atoms with Gasteiger partial charge in [-0.05, 0) is 26.2 Å². The van der Waals surface area contributed by atoms with Gasteiger partial charge in [-0.25, -0.2) is 4.98 Å². The lowest BCUT2D eigenvalue weighted by Gasteiger charge is -2.15. The molecule has 1 N–H and O–H groups in total. The van der Waals surface area contributed by atoms with Gasteiger partial charge in [0.2, 0.25) is 5.88 Å². The van der Waals surface area contributed by atoms with Gasteiger partial charge in [-0.15, -0.1) is 11.6 Å². The average Bonchev–Trinajstić information content (AvgIpc) is 2.34. The molecule has 0 aromatic carbocycles. The highest BCUT2D eigenvalue weighted by Crippen LogP contribution is 2.15. The van der Waals surface area contributed by atoms with E-state index >= 15 is 0 Å². The van der Waals surface area contributed by atoms with Crippen molar-refractivity contribution in [3.05, 3.63) is 11.9 Å². The number of alkyl halides is 1. The molecule has 18 heavy (non-hydrogen) atoms. The highest BCUT2D eigenvalue weighted by atomic mass is 35.5. The first-order chi connectivity index (χ1) is 8.69. The van der Waals surface area contributed by atoms with Crippen molar-refractivity contribution >= 4 is 17.4 Å². The number of ether oxygens (including phenoxy) is 1. The van der Waals surface area contributed by atoms with Crippen molar-refractivity contribution in [2.75, 3.05) is 24.3 Å². The number of nitrogens with zero attached hydrogens (tertiary/aromatic N) is 2. The highest BCUT2D eigenvalue weighted by Gasteiger charge is 2.07. The summed E-state index contributed by atoms with van der Waals surface area (Å²) in [6, 6.07) is 1.84. The average molecular weight is 272 g/mol. The molecule has 0 aliphatic heterocycles. The number of rotatable bonds is 8. The maximum absolute atomic E-state index is 5.78. The van der Waals surface area contributed by atoms with E-state index in [1.165, 1.54) is 0 Å². The summed E-state index contributed by atoms with van der Waals surface area (Å²) in [5.74, 6) is 3.44. The minimum Gasteiger partial charge on any atom is -0.478 e. The molecule has 0 saturated carbocycles. The molecule has 0 aliphatic carbocycles. The van der Waals surface area contributed by atoms with E-state index in [4.69, 9.17) is 16.3 Å². The van der Waals surface area contributed by atoms with Gasteiger partial charge >= 0.3 is 0 Å². The Morgan fingerprint density at radius 3 is 2.78 bits per heavy atom. The Morgan fingerprint density at radius 1 is 1.39 bits per heavy atom. The second kappa shape index (κ2) is 8.14. The summed E-state index contributed by atoms with van der Waals surface area (Å²) < 4.78 is 5.40. The first-order valence-corrected chi connectivity index (χ1v) is 7.01. The Balaban J connectivity index is 2.60. The van der Waals surface area contributed by atoms with Crippen LogP contribution in [0.25, 0.3) is 0 Å². The number of halogens is 1. The predicted molar refractivity (Wildman–Crippen MR) is 75.5 cm³/mol. The van der Waals surface area contributed by atoms with Crippen LogP contribution in [0.3, 0.4) is 0 Å². The molecule has 1 rings (SSSR count). The Kier molecular flexibility index (Phi) is 6.80. The topological polar surface area (TPSA) is 47.0 Å². The van der Waals surface area contributed by atoms with Gasteiger partial charge in [0.05, 0.1) is 6.61 Å². The standard InChI is InChI=1S/C13H22ClN3O/c1-4-11(6-7-14)9-15-12-8-13(18-5-2)17-10(3)16-12/h8,11H,4-7,9H2,1-3H3,(H,15,16,17). The molecule has 1 atom stereocenters. The maximum Gasteiger partial charge on any atom is 0.218 e. The second-order valence-corrected chi connectivity index (χ2v) is 4.58. The van der Waals surface area contributed by atoms with Crippen LogP contribution < -0.4 is 10.1 Å². The number of hydrogen-bond acceptors (Lipinski definition) is 4. The molecular formula is C13H22ClN3O. The number of aryl methyl sites for hydroxylation is 1. The molecule has 1 aromatic rings. The summed E-state index contributed by atoms with van der Waals surface area (Å²) in [4.78, 5) is 8.56. The molecule has 0 radical (unpaired) electrons. The van der Waals surface area contributed by atoms with Crippen LogP contribution in [-0.2, 0) is 0 Å². The molecule has 5 heteroatoms. The van der Waals surface area contributed by atoms with Crippen LogP contribution >= 0.6 is 11.6 Å². The van der Waals surface area contributed by atoms with E-state index in [9.17, 15) is 0 Å². The summed E-state index contributed by atoms with van der Waals surface area (Å²) in [5, 5.41) is 3.33. The fourth-order valence-electron chi connectivity index (χ4n) is 1.71. The van der Waals surface area contributed by atoms with E-state index in [0.717, 1.165) is 25.2 Å². The predicted octanol–water partition coefficient (Wildman–Crippen LogP) is 3.25. The van der Waals surface area contributed by atoms with Gasteiger partial charge in [0, 0.05) is 18.5 Å². The lowest BCUT2D eigenvalue weighted by atomic mass is 10.0. The van der Waals surface area contributed by atoms with Gasteiger partial charge in [-0.2, -0.15) is 4.98 Å². The number of aromatic nitrogens is 2. The molecule has 0 bridgehead atoms. The third-order valence-electron chi connectivity index (χ3n) is 2.77. The van der Waals surface area contributed by atoms with Gasteiger partial charge in [-0.3, -0.25) is 0 Å². The summed E-state index contributed by atoms with van der Waals surface area (Å²) in [6.07, 6.45) is 2.13. The van der Waals surface area contributed by atoms with E-state index in [0.29, 0.717) is 30.1 Å². The van der Waals surface area contributed by atoms with E-state index in [1.807, 2.05) is 19.9 Å². The van der Waals surface area contributed by atoms with E-state index in [1.54, 1.807) is 0 Å². The van der Waals surface area contributed by atoms with Gasteiger partial charge in [0.15, 0.2) is 0 Å². The Hall–Kier alpha value is -1.03. The number of hydrogen-bond donors (Lipinski definition) is 1. The summed E-state index contributed by atoms with van der Waals surface area (Å²) in [5.41, 5.74) is 0. The Labute approximate surface area is 114 Å². The summed E-state index contributed by atoms with van der Waals surface area (Å²) >= 11 is 5.78. The zero-order valence-corrected chi connectivity index (χ0v) is 12.1. The first-order valence-electron chi connectivity index (χ1n) is 6.47. The van der Waals surface area contributed by atoms with Crippen LogP contribution in [0.5, 0.6) is 5.88 Å². The minimum absolute atomic E-state index is 0.577. The van der Waals surface area contributed by atoms with Crippen molar-refractivity contribution in [1.82, 2.24) is 9.97 Å². The summed E-state index contributed by atoms with van der Waals surface area (Å²) in [6.45, 7) is 7.47. The quantitative estimate of drug-likeness (QED) is 0.738. The molecule has 0 amide bonds. The van der Waals surface area contributed by atoms with Gasteiger partial charge < -0.3 is 10.1 Å². The van der Waals surface area contributed by atoms with Gasteiger partial charge in [-0.1, -0.05) is 13.3 Å². The first kappa shape index (κ1) is 15.0. The van der Waals surface area contributed by atoms with Crippen molar-refractivity contribution in [1.29, 1.82) is 0 Å². The molecule has 0 saturated heterocycles. The number of nitrogens with one attached hydrogen (secondary N) is 1. The third kappa shape index (κ3) is 5.08. The monoisotopic (exact) mass is 271 g/mol. The fraction of sp³-hybridized carbons (Fsp3) is 0.692. The zero-order chi connectivity index (χ0) is 13.4. The molecule has 4 nitrogen and oxygen atoms in total. The lowest BCUT2D eigenvalue weighted by Crippen LogP contribution is -2.15. The zero-order valence-electron chi connectivity index (χ0n) is 11.4. The van der Waals surface area contributed by atoms with Crippen LogP contribution in [0.15, 0.2) is 6.07 Å². The van der Waals surface area contributed by atoms with Crippen molar-refractivity contribution in [3.63, 3.8) is 0 Å². The molecule has 1 unspecified atom stereocenters. The second-order valence-electron chi connectivity index (χ2n) is 4.20. The molecule has 1 aromatic heterocycles. The minimum atomic E-state index is 0.577. The van der Waals surface area contributed by atoms with Crippen LogP contribution in [0.1, 0.15) is 32.5 Å². The highest BCUT2D eigenvalue weighted by molar-refractivity contribution is 6.17. The number of anilines is 1. The molecule has 0 spiro atoms. The molecule has 0 aliphatic rings. The maximum atomic E-state index is 5.78. The summed E-state index contributed by atoms with van der Waals surface area (Å²) in [7, 11) is 0. The fourth-order valence-corrected chi connectivity index (χ4v) is 2.02. The van der Waals surface area contributed by atoms with Gasteiger partial charge in [0.1, 0.15) is 11.6 Å². The Morgan fingerprint density at radius 2 is 2.17 bits per heavy atom. The largest absolute Gasteiger partial charge is 0.478 e. The molecule has 1 heterocycles. The SMILES string of the molecule is CCOc1cc(NCC(CC)CCCl)nc(C)n1. The third-order valence-corrected chi connectivity index (χ3v) is 2.99. The molecule has 0 fully saturated rings. The normalized spacial score (nSPS) is 12.2. The van der Waals surface area contributed by atoms with Crippen molar-refractivity contribution in [3.8, 4) is 5.88 Å². The van der Waals surface area contributed by atoms with Gasteiger partial charge in [0.25, 0.3) is 0 Å². The van der Waals surface area contributed by atoms with Crippen LogP contribution in [-0.4, -0.2) is 29.0 Å². The van der Waals surface area contributed by atoms with Crippen LogP contribution in [0.2, 0.25) is 0 Å². The van der Waals surface area contributed by atoms with E-state index in [2.05, 4.69) is 22.2 Å².